The van der Waals surface area contributed by atoms with Crippen LogP contribution in [0.2, 0.25) is 0 Å². The van der Waals surface area contributed by atoms with E-state index >= 15 is 0 Å². The second kappa shape index (κ2) is 7.33. The van der Waals surface area contributed by atoms with Crippen LogP contribution in [0.1, 0.15) is 6.92 Å². The minimum atomic E-state index is 0.558. The molecule has 0 aliphatic heterocycles. The van der Waals surface area contributed by atoms with Gasteiger partial charge in [0.05, 0.1) is 22.9 Å². The standard InChI is InChI=1S/C20H20N6O/c1-3-22-17-12-21-13-23-19(17)24-14-8-10-15(11-9-14)27-20-25-16-6-4-5-7-18(16)26(20)2/h4-13,22H,3H2,1-2H3,(H,21,23,24). The van der Waals surface area contributed by atoms with Crippen LogP contribution >= 0.6 is 0 Å². The molecule has 0 bridgehead atoms. The molecule has 7 nitrogen and oxygen atoms in total. The Labute approximate surface area is 157 Å². The van der Waals surface area contributed by atoms with Crippen LogP contribution in [-0.4, -0.2) is 26.1 Å². The van der Waals surface area contributed by atoms with E-state index in [2.05, 4.69) is 25.6 Å². The lowest BCUT2D eigenvalue weighted by atomic mass is 10.3. The second-order valence-corrected chi connectivity index (χ2v) is 6.01. The summed E-state index contributed by atoms with van der Waals surface area (Å²) >= 11 is 0. The fourth-order valence-corrected chi connectivity index (χ4v) is 2.81. The zero-order valence-corrected chi connectivity index (χ0v) is 15.2. The summed E-state index contributed by atoms with van der Waals surface area (Å²) in [6, 6.07) is 16.2. The molecule has 0 aliphatic rings. The van der Waals surface area contributed by atoms with Crippen molar-refractivity contribution in [3.8, 4) is 11.8 Å². The molecule has 0 spiro atoms. The SMILES string of the molecule is CCNc1cncnc1Nc1ccc(Oc2nc3ccccc3n2C)cc1. The van der Waals surface area contributed by atoms with Gasteiger partial charge in [-0.25, -0.2) is 9.97 Å². The number of aromatic nitrogens is 4. The van der Waals surface area contributed by atoms with Crippen LogP contribution in [0.3, 0.4) is 0 Å². The van der Waals surface area contributed by atoms with Crippen LogP contribution < -0.4 is 15.4 Å². The summed E-state index contributed by atoms with van der Waals surface area (Å²) in [6.45, 7) is 2.83. The number of nitrogens with one attached hydrogen (secondary N) is 2. The van der Waals surface area contributed by atoms with E-state index in [0.29, 0.717) is 11.8 Å². The number of benzene rings is 2. The van der Waals surface area contributed by atoms with Gasteiger partial charge in [0.1, 0.15) is 12.1 Å². The smallest absolute Gasteiger partial charge is 0.302 e. The monoisotopic (exact) mass is 360 g/mol. The molecule has 2 aromatic heterocycles. The first-order valence-electron chi connectivity index (χ1n) is 8.75. The summed E-state index contributed by atoms with van der Waals surface area (Å²) < 4.78 is 7.88. The van der Waals surface area contributed by atoms with E-state index in [9.17, 15) is 0 Å². The predicted octanol–water partition coefficient (Wildman–Crippen LogP) is 4.33. The van der Waals surface area contributed by atoms with Crippen LogP contribution in [-0.2, 0) is 7.05 Å². The first-order chi connectivity index (χ1) is 13.2. The Morgan fingerprint density at radius 1 is 1.07 bits per heavy atom. The van der Waals surface area contributed by atoms with Crippen molar-refractivity contribution in [1.82, 2.24) is 19.5 Å². The lowest BCUT2D eigenvalue weighted by Gasteiger charge is -2.11. The Hall–Kier alpha value is -3.61. The fourth-order valence-electron chi connectivity index (χ4n) is 2.81. The van der Waals surface area contributed by atoms with E-state index < -0.39 is 0 Å². The van der Waals surface area contributed by atoms with Gasteiger partial charge in [0.15, 0.2) is 5.82 Å². The highest BCUT2D eigenvalue weighted by molar-refractivity contribution is 5.76. The zero-order chi connectivity index (χ0) is 18.6. The summed E-state index contributed by atoms with van der Waals surface area (Å²) in [5.41, 5.74) is 3.71. The molecule has 2 N–H and O–H groups in total. The maximum Gasteiger partial charge on any atom is 0.302 e. The molecular weight excluding hydrogens is 340 g/mol. The summed E-state index contributed by atoms with van der Waals surface area (Å²) in [5, 5.41) is 6.53. The van der Waals surface area contributed by atoms with Gasteiger partial charge in [0.25, 0.3) is 0 Å². The maximum absolute atomic E-state index is 5.95. The fraction of sp³-hybridized carbons (Fsp3) is 0.150. The Kier molecular flexibility index (Phi) is 4.57. The molecule has 0 saturated heterocycles. The topological polar surface area (TPSA) is 76.9 Å². The van der Waals surface area contributed by atoms with Gasteiger partial charge in [-0.3, -0.25) is 4.57 Å². The van der Waals surface area contributed by atoms with Gasteiger partial charge in [-0.05, 0) is 43.3 Å². The van der Waals surface area contributed by atoms with Gasteiger partial charge in [-0.1, -0.05) is 12.1 Å². The van der Waals surface area contributed by atoms with E-state index in [4.69, 9.17) is 4.74 Å². The van der Waals surface area contributed by atoms with Crippen LogP contribution in [0.4, 0.5) is 17.2 Å². The molecule has 136 valence electrons. The number of rotatable bonds is 6. The molecule has 0 unspecified atom stereocenters. The average molecular weight is 360 g/mol. The molecule has 2 heterocycles. The second-order valence-electron chi connectivity index (χ2n) is 6.01. The molecule has 0 aliphatic carbocycles. The third-order valence-corrected chi connectivity index (χ3v) is 4.15. The minimum absolute atomic E-state index is 0.558. The number of ether oxygens (including phenoxy) is 1. The third kappa shape index (κ3) is 3.52. The zero-order valence-electron chi connectivity index (χ0n) is 15.2. The van der Waals surface area contributed by atoms with Crippen molar-refractivity contribution in [3.05, 3.63) is 61.1 Å². The van der Waals surface area contributed by atoms with E-state index in [1.165, 1.54) is 6.33 Å². The van der Waals surface area contributed by atoms with Gasteiger partial charge >= 0.3 is 6.01 Å². The minimum Gasteiger partial charge on any atom is -0.425 e. The molecule has 0 amide bonds. The lowest BCUT2D eigenvalue weighted by molar-refractivity contribution is 0.428. The molecule has 0 atom stereocenters. The van der Waals surface area contributed by atoms with E-state index in [1.807, 2.05) is 67.1 Å². The van der Waals surface area contributed by atoms with Crippen molar-refractivity contribution < 1.29 is 4.74 Å². The van der Waals surface area contributed by atoms with Crippen LogP contribution in [0.25, 0.3) is 11.0 Å². The number of imidazole rings is 1. The summed E-state index contributed by atoms with van der Waals surface area (Å²) in [4.78, 5) is 12.9. The molecule has 0 fully saturated rings. The Morgan fingerprint density at radius 3 is 2.67 bits per heavy atom. The number of hydrogen-bond donors (Lipinski definition) is 2. The van der Waals surface area contributed by atoms with Crippen molar-refractivity contribution in [2.24, 2.45) is 7.05 Å². The van der Waals surface area contributed by atoms with Crippen molar-refractivity contribution in [3.63, 3.8) is 0 Å². The highest BCUT2D eigenvalue weighted by Gasteiger charge is 2.09. The normalized spacial score (nSPS) is 10.7. The predicted molar refractivity (Wildman–Crippen MR) is 107 cm³/mol. The quantitative estimate of drug-likeness (QED) is 0.533. The van der Waals surface area contributed by atoms with Gasteiger partial charge < -0.3 is 15.4 Å². The summed E-state index contributed by atoms with van der Waals surface area (Å²) in [5.74, 6) is 1.45. The molecule has 2 aromatic carbocycles. The third-order valence-electron chi connectivity index (χ3n) is 4.15. The van der Waals surface area contributed by atoms with Gasteiger partial charge in [0, 0.05) is 19.3 Å². The Morgan fingerprint density at radius 2 is 1.89 bits per heavy atom. The number of hydrogen-bond acceptors (Lipinski definition) is 6. The van der Waals surface area contributed by atoms with Crippen molar-refractivity contribution in [2.75, 3.05) is 17.2 Å². The number of anilines is 3. The van der Waals surface area contributed by atoms with Gasteiger partial charge in [0.2, 0.25) is 0 Å². The first-order valence-corrected chi connectivity index (χ1v) is 8.75. The highest BCUT2D eigenvalue weighted by atomic mass is 16.5. The number of para-hydroxylation sites is 2. The average Bonchev–Trinajstić information content (AvgIpc) is 3.01. The molecule has 0 radical (unpaired) electrons. The molecular formula is C20H20N6O. The highest BCUT2D eigenvalue weighted by Crippen LogP contribution is 2.27. The summed E-state index contributed by atoms with van der Waals surface area (Å²) in [7, 11) is 1.94. The Bertz CT molecular complexity index is 1060. The molecule has 27 heavy (non-hydrogen) atoms. The largest absolute Gasteiger partial charge is 0.425 e. The van der Waals surface area contributed by atoms with E-state index in [1.54, 1.807) is 6.20 Å². The van der Waals surface area contributed by atoms with Crippen molar-refractivity contribution in [1.29, 1.82) is 0 Å². The van der Waals surface area contributed by atoms with Crippen molar-refractivity contribution >= 4 is 28.2 Å². The molecule has 0 saturated carbocycles. The Balaban J connectivity index is 1.51. The number of fused-ring (bicyclic) bond motifs is 1. The van der Waals surface area contributed by atoms with Gasteiger partial charge in [-0.15, -0.1) is 0 Å². The van der Waals surface area contributed by atoms with Crippen molar-refractivity contribution in [2.45, 2.75) is 6.92 Å². The molecule has 7 heteroatoms. The molecule has 4 aromatic rings. The summed E-state index contributed by atoms with van der Waals surface area (Å²) in [6.07, 6.45) is 3.27. The van der Waals surface area contributed by atoms with Crippen LogP contribution in [0.5, 0.6) is 11.8 Å². The van der Waals surface area contributed by atoms with E-state index in [-0.39, 0.29) is 0 Å². The first kappa shape index (κ1) is 16.8. The van der Waals surface area contributed by atoms with Crippen LogP contribution in [0.15, 0.2) is 61.1 Å². The number of nitrogens with zero attached hydrogens (tertiary/aromatic N) is 4. The maximum atomic E-state index is 5.95. The molecule has 4 rings (SSSR count). The van der Waals surface area contributed by atoms with E-state index in [0.717, 1.165) is 34.8 Å². The lowest BCUT2D eigenvalue weighted by Crippen LogP contribution is -2.03. The van der Waals surface area contributed by atoms with Gasteiger partial charge in [-0.2, -0.15) is 4.98 Å². The number of aryl methyl sites for hydroxylation is 1. The van der Waals surface area contributed by atoms with Crippen LogP contribution in [0, 0.1) is 0 Å².